The fourth-order valence-corrected chi connectivity index (χ4v) is 3.74. The van der Waals surface area contributed by atoms with Crippen molar-refractivity contribution in [3.8, 4) is 5.75 Å². The molecule has 2 N–H and O–H groups in total. The van der Waals surface area contributed by atoms with Gasteiger partial charge in [0.15, 0.2) is 0 Å². The van der Waals surface area contributed by atoms with E-state index in [2.05, 4.69) is 33.9 Å². The molecule has 0 aromatic heterocycles. The van der Waals surface area contributed by atoms with E-state index in [9.17, 15) is 4.57 Å². The van der Waals surface area contributed by atoms with Crippen molar-refractivity contribution in [2.75, 3.05) is 0 Å². The zero-order valence-corrected chi connectivity index (χ0v) is 15.9. The standard InChI is InChI=1S/C15H27O4PSi/c1-11-8-13(10-20(16,17)18)9-12(2)14(11)19-21(6,7)15(3,4)5/h8-9H,10H2,1-7H3,(H2,16,17,18). The SMILES string of the molecule is Cc1cc(CP(=O)(O)O)cc(C)c1O[Si](C)(C)C(C)(C)C. The molecule has 0 heterocycles. The van der Waals surface area contributed by atoms with E-state index in [1.54, 1.807) is 0 Å². The molecule has 0 saturated carbocycles. The Balaban J connectivity index is 3.15. The van der Waals surface area contributed by atoms with Crippen molar-refractivity contribution in [2.24, 2.45) is 0 Å². The summed E-state index contributed by atoms with van der Waals surface area (Å²) >= 11 is 0. The third kappa shape index (κ3) is 4.96. The van der Waals surface area contributed by atoms with Crippen molar-refractivity contribution in [1.82, 2.24) is 0 Å². The van der Waals surface area contributed by atoms with E-state index in [0.29, 0.717) is 5.56 Å². The molecule has 0 amide bonds. The summed E-state index contributed by atoms with van der Waals surface area (Å²) in [5, 5.41) is 0.108. The Hall–Kier alpha value is -0.613. The molecule has 0 atom stereocenters. The summed E-state index contributed by atoms with van der Waals surface area (Å²) in [4.78, 5) is 18.2. The Morgan fingerprint density at radius 2 is 1.57 bits per heavy atom. The van der Waals surface area contributed by atoms with Crippen LogP contribution in [0.5, 0.6) is 5.75 Å². The fourth-order valence-electron chi connectivity index (χ4n) is 1.94. The van der Waals surface area contributed by atoms with E-state index in [0.717, 1.165) is 16.9 Å². The summed E-state index contributed by atoms with van der Waals surface area (Å²) in [5.74, 6) is 0.857. The van der Waals surface area contributed by atoms with Gasteiger partial charge < -0.3 is 14.2 Å². The monoisotopic (exact) mass is 330 g/mol. The number of benzene rings is 1. The highest BCUT2D eigenvalue weighted by molar-refractivity contribution is 7.50. The molecule has 0 saturated heterocycles. The van der Waals surface area contributed by atoms with Crippen LogP contribution in [-0.2, 0) is 10.7 Å². The average Bonchev–Trinajstić information content (AvgIpc) is 2.19. The highest BCUT2D eigenvalue weighted by Crippen LogP contribution is 2.42. The van der Waals surface area contributed by atoms with Crippen molar-refractivity contribution in [3.63, 3.8) is 0 Å². The van der Waals surface area contributed by atoms with Gasteiger partial charge in [0.2, 0.25) is 0 Å². The normalized spacial score (nSPS) is 13.4. The highest BCUT2D eigenvalue weighted by atomic mass is 31.2. The van der Waals surface area contributed by atoms with Gasteiger partial charge in [-0.05, 0) is 48.7 Å². The summed E-state index contributed by atoms with van der Waals surface area (Å²) in [7, 11) is -5.97. The van der Waals surface area contributed by atoms with E-state index in [1.165, 1.54) is 0 Å². The largest absolute Gasteiger partial charge is 0.543 e. The Labute approximate surface area is 128 Å². The van der Waals surface area contributed by atoms with Gasteiger partial charge in [-0.3, -0.25) is 4.57 Å². The van der Waals surface area contributed by atoms with Gasteiger partial charge >= 0.3 is 7.60 Å². The Bertz CT molecular complexity index is 547. The minimum Gasteiger partial charge on any atom is -0.543 e. The van der Waals surface area contributed by atoms with Gasteiger partial charge in [0.25, 0.3) is 8.32 Å². The zero-order chi connectivity index (χ0) is 16.6. The third-order valence-electron chi connectivity index (χ3n) is 4.07. The molecule has 0 aliphatic carbocycles. The third-order valence-corrected chi connectivity index (χ3v) is 9.18. The Morgan fingerprint density at radius 3 is 1.90 bits per heavy atom. The average molecular weight is 330 g/mol. The Kier molecular flexibility index (Phi) is 5.16. The second-order valence-corrected chi connectivity index (χ2v) is 13.6. The molecule has 1 rings (SSSR count). The van der Waals surface area contributed by atoms with Gasteiger partial charge in [-0.25, -0.2) is 0 Å². The quantitative estimate of drug-likeness (QED) is 0.635. The molecule has 0 spiro atoms. The highest BCUT2D eigenvalue weighted by Gasteiger charge is 2.39. The molecule has 0 unspecified atom stereocenters. The molecule has 0 fully saturated rings. The molecule has 120 valence electrons. The van der Waals surface area contributed by atoms with E-state index in [1.807, 2.05) is 26.0 Å². The number of aryl methyl sites for hydroxylation is 2. The van der Waals surface area contributed by atoms with E-state index < -0.39 is 15.9 Å². The molecule has 0 radical (unpaired) electrons. The fraction of sp³-hybridized carbons (Fsp3) is 0.600. The summed E-state index contributed by atoms with van der Waals surface area (Å²) < 4.78 is 17.5. The lowest BCUT2D eigenvalue weighted by molar-refractivity contribution is 0.371. The van der Waals surface area contributed by atoms with Crippen LogP contribution in [0.25, 0.3) is 0 Å². The minimum atomic E-state index is -4.04. The first-order valence-electron chi connectivity index (χ1n) is 7.07. The van der Waals surface area contributed by atoms with Crippen LogP contribution >= 0.6 is 7.60 Å². The molecular formula is C15H27O4PSi. The molecule has 1 aromatic rings. The summed E-state index contributed by atoms with van der Waals surface area (Å²) in [6.45, 7) is 14.8. The van der Waals surface area contributed by atoms with Gasteiger partial charge in [0, 0.05) is 0 Å². The van der Waals surface area contributed by atoms with Gasteiger partial charge in [0.05, 0.1) is 6.16 Å². The zero-order valence-electron chi connectivity index (χ0n) is 14.0. The van der Waals surface area contributed by atoms with Crippen molar-refractivity contribution in [3.05, 3.63) is 28.8 Å². The van der Waals surface area contributed by atoms with Gasteiger partial charge in [0.1, 0.15) is 5.75 Å². The topological polar surface area (TPSA) is 66.8 Å². The van der Waals surface area contributed by atoms with Crippen LogP contribution in [0.3, 0.4) is 0 Å². The van der Waals surface area contributed by atoms with Crippen LogP contribution in [0, 0.1) is 13.8 Å². The smallest absolute Gasteiger partial charge is 0.329 e. The second kappa shape index (κ2) is 5.88. The second-order valence-electron chi connectivity index (χ2n) is 7.24. The first-order chi connectivity index (χ1) is 9.23. The van der Waals surface area contributed by atoms with Crippen LogP contribution < -0.4 is 4.43 Å². The van der Waals surface area contributed by atoms with Crippen LogP contribution in [0.1, 0.15) is 37.5 Å². The number of hydrogen-bond donors (Lipinski definition) is 2. The molecule has 0 aliphatic rings. The molecular weight excluding hydrogens is 303 g/mol. The molecule has 4 nitrogen and oxygen atoms in total. The summed E-state index contributed by atoms with van der Waals surface area (Å²) in [6, 6.07) is 3.63. The van der Waals surface area contributed by atoms with Crippen LogP contribution in [0.4, 0.5) is 0 Å². The lowest BCUT2D eigenvalue weighted by atomic mass is 10.1. The van der Waals surface area contributed by atoms with Crippen molar-refractivity contribution >= 4 is 15.9 Å². The molecule has 0 bridgehead atoms. The van der Waals surface area contributed by atoms with Gasteiger partial charge in [-0.2, -0.15) is 0 Å². The summed E-state index contributed by atoms with van der Waals surface area (Å²) in [6.07, 6.45) is -0.227. The molecule has 21 heavy (non-hydrogen) atoms. The maximum absolute atomic E-state index is 11.1. The maximum atomic E-state index is 11.1. The van der Waals surface area contributed by atoms with Crippen molar-refractivity contribution < 1.29 is 18.8 Å². The summed E-state index contributed by atoms with van der Waals surface area (Å²) in [5.41, 5.74) is 2.52. The first-order valence-corrected chi connectivity index (χ1v) is 11.8. The number of hydrogen-bond acceptors (Lipinski definition) is 2. The van der Waals surface area contributed by atoms with Crippen molar-refractivity contribution in [2.45, 2.75) is 58.9 Å². The van der Waals surface area contributed by atoms with E-state index >= 15 is 0 Å². The van der Waals surface area contributed by atoms with Crippen LogP contribution in [-0.4, -0.2) is 18.1 Å². The molecule has 1 aromatic carbocycles. The number of rotatable bonds is 4. The Morgan fingerprint density at radius 1 is 1.14 bits per heavy atom. The lowest BCUT2D eigenvalue weighted by Crippen LogP contribution is -2.44. The first kappa shape index (κ1) is 18.4. The predicted octanol–water partition coefficient (Wildman–Crippen LogP) is 4.37. The van der Waals surface area contributed by atoms with Gasteiger partial charge in [-0.1, -0.05) is 32.9 Å². The van der Waals surface area contributed by atoms with Crippen molar-refractivity contribution in [1.29, 1.82) is 0 Å². The molecule has 6 heteroatoms. The van der Waals surface area contributed by atoms with E-state index in [4.69, 9.17) is 14.2 Å². The van der Waals surface area contributed by atoms with E-state index in [-0.39, 0.29) is 11.2 Å². The molecule has 0 aliphatic heterocycles. The lowest BCUT2D eigenvalue weighted by Gasteiger charge is -2.37. The van der Waals surface area contributed by atoms with Gasteiger partial charge in [-0.15, -0.1) is 0 Å². The maximum Gasteiger partial charge on any atom is 0.329 e. The van der Waals surface area contributed by atoms with Crippen LogP contribution in [0.15, 0.2) is 12.1 Å². The predicted molar refractivity (Wildman–Crippen MR) is 89.5 cm³/mol. The minimum absolute atomic E-state index is 0.108. The van der Waals surface area contributed by atoms with Crippen LogP contribution in [0.2, 0.25) is 18.1 Å².